The number of para-hydroxylation sites is 1. The minimum atomic E-state index is 0.649. The Balaban J connectivity index is 1.70. The van der Waals surface area contributed by atoms with Crippen LogP contribution in [0, 0.1) is 0 Å². The maximum atomic E-state index is 6.18. The third-order valence-electron chi connectivity index (χ3n) is 5.52. The monoisotopic (exact) mass is 411 g/mol. The Hall–Kier alpha value is -3.37. The van der Waals surface area contributed by atoms with Gasteiger partial charge in [0.1, 0.15) is 18.2 Å². The number of aromatic amines is 1. The zero-order valence-corrected chi connectivity index (χ0v) is 18.2. The molecule has 0 saturated carbocycles. The van der Waals surface area contributed by atoms with Gasteiger partial charge in [-0.1, -0.05) is 86.6 Å². The number of likely N-dealkylation sites (N-methyl/N-ethyl adjacent to an activating group) is 1. The molecule has 0 atom stereocenters. The topological polar surface area (TPSA) is 41.1 Å². The van der Waals surface area contributed by atoms with Gasteiger partial charge in [-0.2, -0.15) is 0 Å². The average Bonchev–Trinajstić information content (AvgIpc) is 3.29. The van der Waals surface area contributed by atoms with E-state index in [4.69, 9.17) is 9.72 Å². The number of hydrogen-bond acceptors (Lipinski definition) is 3. The molecule has 1 N–H and O–H groups in total. The van der Waals surface area contributed by atoms with E-state index in [1.165, 1.54) is 0 Å². The van der Waals surface area contributed by atoms with Crippen molar-refractivity contribution >= 4 is 0 Å². The van der Waals surface area contributed by atoms with E-state index < -0.39 is 0 Å². The first-order chi connectivity index (χ1) is 15.3. The smallest absolute Gasteiger partial charge is 0.142 e. The molecular weight excluding hydrogens is 382 g/mol. The van der Waals surface area contributed by atoms with E-state index in [0.29, 0.717) is 6.61 Å². The number of aromatic nitrogens is 2. The van der Waals surface area contributed by atoms with Crippen LogP contribution in [0.1, 0.15) is 13.8 Å². The molecule has 0 aliphatic carbocycles. The molecule has 0 aliphatic rings. The fourth-order valence-corrected chi connectivity index (χ4v) is 3.73. The Labute approximate surface area is 184 Å². The lowest BCUT2D eigenvalue weighted by Crippen LogP contribution is -2.27. The van der Waals surface area contributed by atoms with Crippen LogP contribution >= 0.6 is 0 Å². The van der Waals surface area contributed by atoms with E-state index >= 15 is 0 Å². The van der Waals surface area contributed by atoms with E-state index in [1.54, 1.807) is 0 Å². The van der Waals surface area contributed by atoms with Gasteiger partial charge in [-0.3, -0.25) is 0 Å². The molecule has 0 spiro atoms. The number of benzene rings is 3. The van der Waals surface area contributed by atoms with Crippen molar-refractivity contribution in [3.8, 4) is 39.7 Å². The van der Waals surface area contributed by atoms with E-state index in [-0.39, 0.29) is 0 Å². The molecule has 4 nitrogen and oxygen atoms in total. The van der Waals surface area contributed by atoms with Gasteiger partial charge in [-0.25, -0.2) is 4.98 Å². The summed E-state index contributed by atoms with van der Waals surface area (Å²) in [4.78, 5) is 10.9. The molecule has 158 valence electrons. The van der Waals surface area contributed by atoms with Crippen LogP contribution in [-0.2, 0) is 0 Å². The Morgan fingerprint density at radius 3 is 2.06 bits per heavy atom. The summed E-state index contributed by atoms with van der Waals surface area (Å²) in [5.41, 5.74) is 5.13. The number of rotatable bonds is 9. The van der Waals surface area contributed by atoms with Crippen molar-refractivity contribution in [3.63, 3.8) is 0 Å². The van der Waals surface area contributed by atoms with Gasteiger partial charge < -0.3 is 14.6 Å². The predicted molar refractivity (Wildman–Crippen MR) is 128 cm³/mol. The zero-order valence-electron chi connectivity index (χ0n) is 18.2. The first kappa shape index (κ1) is 20.9. The van der Waals surface area contributed by atoms with Gasteiger partial charge in [0.25, 0.3) is 0 Å². The van der Waals surface area contributed by atoms with E-state index in [1.807, 2.05) is 42.5 Å². The first-order valence-electron chi connectivity index (χ1n) is 11.0. The second kappa shape index (κ2) is 10.1. The summed E-state index contributed by atoms with van der Waals surface area (Å²) >= 11 is 0. The molecule has 0 saturated heterocycles. The molecule has 31 heavy (non-hydrogen) atoms. The minimum Gasteiger partial charge on any atom is -0.491 e. The highest BCUT2D eigenvalue weighted by atomic mass is 16.5. The molecular formula is C27H29N3O. The first-order valence-corrected chi connectivity index (χ1v) is 11.0. The van der Waals surface area contributed by atoms with E-state index in [2.05, 4.69) is 66.2 Å². The summed E-state index contributed by atoms with van der Waals surface area (Å²) in [6.07, 6.45) is 0. The van der Waals surface area contributed by atoms with Crippen LogP contribution in [0.3, 0.4) is 0 Å². The van der Waals surface area contributed by atoms with Crippen LogP contribution in [-0.4, -0.2) is 41.1 Å². The van der Waals surface area contributed by atoms with Crippen LogP contribution < -0.4 is 4.74 Å². The van der Waals surface area contributed by atoms with E-state index in [0.717, 1.165) is 59.3 Å². The summed E-state index contributed by atoms with van der Waals surface area (Å²) < 4.78 is 6.18. The molecule has 4 aromatic rings. The Morgan fingerprint density at radius 2 is 1.39 bits per heavy atom. The van der Waals surface area contributed by atoms with Crippen molar-refractivity contribution in [2.24, 2.45) is 0 Å². The molecule has 0 radical (unpaired) electrons. The van der Waals surface area contributed by atoms with Crippen LogP contribution in [0.4, 0.5) is 0 Å². The molecule has 3 aromatic carbocycles. The van der Waals surface area contributed by atoms with Gasteiger partial charge >= 0.3 is 0 Å². The SMILES string of the molecule is CCN(CC)CCOc1ccccc1-c1nc(-c2ccccc2)c(-c2ccccc2)[nH]1. The average molecular weight is 412 g/mol. The number of H-pyrrole nitrogens is 1. The standard InChI is InChI=1S/C27H29N3O/c1-3-30(4-2)19-20-31-24-18-12-11-17-23(24)27-28-25(21-13-7-5-8-14-21)26(29-27)22-15-9-6-10-16-22/h5-18H,3-4,19-20H2,1-2H3,(H,28,29). The molecule has 0 aliphatic heterocycles. The second-order valence-electron chi connectivity index (χ2n) is 7.41. The van der Waals surface area contributed by atoms with E-state index in [9.17, 15) is 0 Å². The highest BCUT2D eigenvalue weighted by Gasteiger charge is 2.17. The van der Waals surface area contributed by atoms with Gasteiger partial charge in [-0.05, 0) is 25.2 Å². The van der Waals surface area contributed by atoms with Crippen molar-refractivity contribution in [1.29, 1.82) is 0 Å². The quantitative estimate of drug-likeness (QED) is 0.360. The molecule has 1 aromatic heterocycles. The predicted octanol–water partition coefficient (Wildman–Crippen LogP) is 6.13. The highest BCUT2D eigenvalue weighted by Crippen LogP contribution is 2.35. The fraction of sp³-hybridized carbons (Fsp3) is 0.222. The van der Waals surface area contributed by atoms with Gasteiger partial charge in [0.05, 0.1) is 17.0 Å². The lowest BCUT2D eigenvalue weighted by Gasteiger charge is -2.18. The normalized spacial score (nSPS) is 11.1. The maximum Gasteiger partial charge on any atom is 0.142 e. The lowest BCUT2D eigenvalue weighted by molar-refractivity contribution is 0.223. The molecule has 1 heterocycles. The zero-order chi connectivity index (χ0) is 21.5. The van der Waals surface area contributed by atoms with Crippen molar-refractivity contribution in [1.82, 2.24) is 14.9 Å². The molecule has 4 heteroatoms. The van der Waals surface area contributed by atoms with Crippen LogP contribution in [0.2, 0.25) is 0 Å². The van der Waals surface area contributed by atoms with Crippen LogP contribution in [0.15, 0.2) is 84.9 Å². The second-order valence-corrected chi connectivity index (χ2v) is 7.41. The molecule has 4 rings (SSSR count). The summed E-state index contributed by atoms with van der Waals surface area (Å²) in [5, 5.41) is 0. The molecule has 0 bridgehead atoms. The number of ether oxygens (including phenoxy) is 1. The maximum absolute atomic E-state index is 6.18. The molecule has 0 amide bonds. The van der Waals surface area contributed by atoms with Crippen molar-refractivity contribution < 1.29 is 4.74 Å². The summed E-state index contributed by atoms with van der Waals surface area (Å²) in [6.45, 7) is 7.97. The summed E-state index contributed by atoms with van der Waals surface area (Å²) in [6, 6.07) is 28.8. The van der Waals surface area contributed by atoms with Crippen molar-refractivity contribution in [2.45, 2.75) is 13.8 Å². The largest absolute Gasteiger partial charge is 0.491 e. The fourth-order valence-electron chi connectivity index (χ4n) is 3.73. The molecule has 0 fully saturated rings. The van der Waals surface area contributed by atoms with Gasteiger partial charge in [0, 0.05) is 17.7 Å². The van der Waals surface area contributed by atoms with Gasteiger partial charge in [0.2, 0.25) is 0 Å². The lowest BCUT2D eigenvalue weighted by atomic mass is 10.1. The number of imidazole rings is 1. The Bertz CT molecular complexity index is 1030. The molecule has 0 unspecified atom stereocenters. The summed E-state index contributed by atoms with van der Waals surface area (Å²) in [7, 11) is 0. The third-order valence-corrected chi connectivity index (χ3v) is 5.52. The van der Waals surface area contributed by atoms with Crippen molar-refractivity contribution in [3.05, 3.63) is 84.9 Å². The van der Waals surface area contributed by atoms with Crippen LogP contribution in [0.5, 0.6) is 5.75 Å². The van der Waals surface area contributed by atoms with Gasteiger partial charge in [-0.15, -0.1) is 0 Å². The van der Waals surface area contributed by atoms with Crippen molar-refractivity contribution in [2.75, 3.05) is 26.2 Å². The minimum absolute atomic E-state index is 0.649. The Morgan fingerprint density at radius 1 is 0.774 bits per heavy atom. The number of nitrogens with zero attached hydrogens (tertiary/aromatic N) is 2. The van der Waals surface area contributed by atoms with Crippen LogP contribution in [0.25, 0.3) is 33.9 Å². The van der Waals surface area contributed by atoms with Gasteiger partial charge in [0.15, 0.2) is 0 Å². The highest BCUT2D eigenvalue weighted by molar-refractivity contribution is 5.82. The number of nitrogens with one attached hydrogen (secondary N) is 1. The summed E-state index contributed by atoms with van der Waals surface area (Å²) in [5.74, 6) is 1.67. The Kier molecular flexibility index (Phi) is 6.80. The number of hydrogen-bond donors (Lipinski definition) is 1. The third kappa shape index (κ3) is 4.86.